The van der Waals surface area contributed by atoms with Crippen molar-refractivity contribution in [2.75, 3.05) is 0 Å². The summed E-state index contributed by atoms with van der Waals surface area (Å²) >= 11 is 0. The van der Waals surface area contributed by atoms with E-state index in [9.17, 15) is 9.59 Å². The van der Waals surface area contributed by atoms with E-state index in [1.807, 2.05) is 0 Å². The zero-order valence-corrected chi connectivity index (χ0v) is 10.9. The number of nitrogens with zero attached hydrogens (tertiary/aromatic N) is 2. The molecule has 0 saturated carbocycles. The van der Waals surface area contributed by atoms with Gasteiger partial charge in [-0.05, 0) is 20.8 Å². The number of rotatable bonds is 5. The molecule has 0 aliphatic heterocycles. The summed E-state index contributed by atoms with van der Waals surface area (Å²) < 4.78 is 4.94. The number of carbonyl (C=O) groups is 2. The Morgan fingerprint density at radius 3 is 2.42 bits per heavy atom. The highest BCUT2D eigenvalue weighted by atomic mass is 16.5. The maximum absolute atomic E-state index is 11.5. The topological polar surface area (TPSA) is 143 Å². The first-order valence-corrected chi connectivity index (χ1v) is 5.70. The first-order chi connectivity index (χ1) is 8.81. The Morgan fingerprint density at radius 2 is 1.95 bits per heavy atom. The third kappa shape index (κ3) is 4.21. The normalized spacial score (nSPS) is 15.4. The molecule has 106 valence electrons. The number of nitrogens with two attached hydrogens (primary N) is 1. The van der Waals surface area contributed by atoms with Crippen LogP contribution in [0.25, 0.3) is 0 Å². The fraction of sp³-hybridized carbons (Fsp3) is 0.600. The van der Waals surface area contributed by atoms with Gasteiger partial charge in [-0.1, -0.05) is 5.16 Å². The number of nitrogens with one attached hydrogen (secondary N) is 2. The maximum Gasteiger partial charge on any atom is 0.325 e. The lowest BCUT2D eigenvalue weighted by atomic mass is 10.3. The minimum atomic E-state index is -1.13. The van der Waals surface area contributed by atoms with Gasteiger partial charge in [0.1, 0.15) is 12.1 Å². The standard InChI is InChI=1S/C10H17N5O4/c1-4(11)7-14-8(19-15-7)5(2)12-10(18)13-6(3)9(16)17/h4-6H,11H2,1-3H3,(H,16,17)(H2,12,13,18)/t4-,5-,6-/m0/s1. The lowest BCUT2D eigenvalue weighted by Crippen LogP contribution is -2.45. The van der Waals surface area contributed by atoms with Crippen LogP contribution in [0, 0.1) is 0 Å². The van der Waals surface area contributed by atoms with Crippen molar-refractivity contribution in [3.05, 3.63) is 11.7 Å². The Labute approximate surface area is 109 Å². The molecule has 0 fully saturated rings. The van der Waals surface area contributed by atoms with Gasteiger partial charge in [0.25, 0.3) is 0 Å². The Hall–Kier alpha value is -2.16. The van der Waals surface area contributed by atoms with Crippen LogP contribution in [0.5, 0.6) is 0 Å². The van der Waals surface area contributed by atoms with E-state index in [1.165, 1.54) is 6.92 Å². The van der Waals surface area contributed by atoms with Gasteiger partial charge in [-0.25, -0.2) is 4.79 Å². The molecule has 1 aromatic heterocycles. The lowest BCUT2D eigenvalue weighted by Gasteiger charge is -2.13. The van der Waals surface area contributed by atoms with Crippen molar-refractivity contribution in [1.82, 2.24) is 20.8 Å². The van der Waals surface area contributed by atoms with Crippen LogP contribution in [0.1, 0.15) is 44.6 Å². The van der Waals surface area contributed by atoms with Gasteiger partial charge in [0.05, 0.1) is 6.04 Å². The van der Waals surface area contributed by atoms with E-state index in [2.05, 4.69) is 20.8 Å². The molecule has 3 atom stereocenters. The third-order valence-electron chi connectivity index (χ3n) is 2.30. The molecule has 0 aliphatic rings. The number of aliphatic carboxylic acids is 1. The number of carboxylic acids is 1. The van der Waals surface area contributed by atoms with Crippen molar-refractivity contribution in [2.45, 2.75) is 38.9 Å². The average molecular weight is 271 g/mol. The van der Waals surface area contributed by atoms with Crippen molar-refractivity contribution in [3.63, 3.8) is 0 Å². The van der Waals surface area contributed by atoms with Gasteiger partial charge in [-0.15, -0.1) is 0 Å². The minimum absolute atomic E-state index is 0.199. The van der Waals surface area contributed by atoms with Crippen molar-refractivity contribution in [1.29, 1.82) is 0 Å². The SMILES string of the molecule is C[C@H](NC(=O)N[C@@H](C)c1nc([C@H](C)N)no1)C(=O)O. The molecular formula is C10H17N5O4. The van der Waals surface area contributed by atoms with Crippen molar-refractivity contribution in [3.8, 4) is 0 Å². The second kappa shape index (κ2) is 6.14. The zero-order valence-electron chi connectivity index (χ0n) is 10.9. The molecule has 1 rings (SSSR count). The number of aromatic nitrogens is 2. The summed E-state index contributed by atoms with van der Waals surface area (Å²) in [6.07, 6.45) is 0. The fourth-order valence-corrected chi connectivity index (χ4v) is 1.17. The molecule has 0 saturated heterocycles. The second-order valence-electron chi connectivity index (χ2n) is 4.18. The summed E-state index contributed by atoms with van der Waals surface area (Å²) in [5.41, 5.74) is 5.58. The van der Waals surface area contributed by atoms with Crippen LogP contribution >= 0.6 is 0 Å². The van der Waals surface area contributed by atoms with Gasteiger partial charge >= 0.3 is 12.0 Å². The Balaban J connectivity index is 2.56. The molecule has 5 N–H and O–H groups in total. The predicted octanol–water partition coefficient (Wildman–Crippen LogP) is -0.0774. The van der Waals surface area contributed by atoms with Crippen LogP contribution in [-0.4, -0.2) is 33.3 Å². The van der Waals surface area contributed by atoms with Gasteiger partial charge in [-0.3, -0.25) is 4.79 Å². The van der Waals surface area contributed by atoms with E-state index in [0.717, 1.165) is 0 Å². The van der Waals surface area contributed by atoms with E-state index in [0.29, 0.717) is 5.82 Å². The van der Waals surface area contributed by atoms with Gasteiger partial charge in [-0.2, -0.15) is 4.98 Å². The minimum Gasteiger partial charge on any atom is -0.480 e. The van der Waals surface area contributed by atoms with E-state index in [-0.39, 0.29) is 11.9 Å². The summed E-state index contributed by atoms with van der Waals surface area (Å²) in [7, 11) is 0. The molecule has 9 heteroatoms. The molecule has 0 aliphatic carbocycles. The van der Waals surface area contributed by atoms with Gasteiger partial charge in [0.15, 0.2) is 5.82 Å². The third-order valence-corrected chi connectivity index (χ3v) is 2.30. The van der Waals surface area contributed by atoms with Crippen molar-refractivity contribution in [2.24, 2.45) is 5.73 Å². The maximum atomic E-state index is 11.5. The highest BCUT2D eigenvalue weighted by molar-refractivity contribution is 5.82. The molecule has 19 heavy (non-hydrogen) atoms. The molecule has 0 bridgehead atoms. The average Bonchev–Trinajstić information content (AvgIpc) is 2.77. The van der Waals surface area contributed by atoms with Crippen molar-refractivity contribution >= 4 is 12.0 Å². The van der Waals surface area contributed by atoms with Crippen LogP contribution in [0.3, 0.4) is 0 Å². The van der Waals surface area contributed by atoms with E-state index < -0.39 is 24.1 Å². The molecule has 9 nitrogen and oxygen atoms in total. The largest absolute Gasteiger partial charge is 0.480 e. The molecule has 0 unspecified atom stereocenters. The monoisotopic (exact) mass is 271 g/mol. The number of amides is 2. The summed E-state index contributed by atoms with van der Waals surface area (Å²) in [4.78, 5) is 26.1. The number of carbonyl (C=O) groups excluding carboxylic acids is 1. The summed E-state index contributed by atoms with van der Waals surface area (Å²) in [6, 6.07) is -2.55. The van der Waals surface area contributed by atoms with Crippen LogP contribution in [0.2, 0.25) is 0 Å². The molecular weight excluding hydrogens is 254 g/mol. The number of hydrogen-bond donors (Lipinski definition) is 4. The fourth-order valence-electron chi connectivity index (χ4n) is 1.17. The van der Waals surface area contributed by atoms with Crippen LogP contribution in [0.4, 0.5) is 4.79 Å². The van der Waals surface area contributed by atoms with Gasteiger partial charge in [0.2, 0.25) is 5.89 Å². The Bertz CT molecular complexity index is 459. The van der Waals surface area contributed by atoms with E-state index in [4.69, 9.17) is 15.4 Å². The second-order valence-corrected chi connectivity index (χ2v) is 4.18. The van der Waals surface area contributed by atoms with E-state index in [1.54, 1.807) is 13.8 Å². The summed E-state index contributed by atoms with van der Waals surface area (Å²) in [5, 5.41) is 17.0. The molecule has 1 aromatic rings. The highest BCUT2D eigenvalue weighted by Crippen LogP contribution is 2.12. The number of hydrogen-bond acceptors (Lipinski definition) is 6. The molecule has 0 spiro atoms. The lowest BCUT2D eigenvalue weighted by molar-refractivity contribution is -0.138. The molecule has 0 radical (unpaired) electrons. The highest BCUT2D eigenvalue weighted by Gasteiger charge is 2.20. The first kappa shape index (κ1) is 14.9. The van der Waals surface area contributed by atoms with Gasteiger partial charge in [0, 0.05) is 0 Å². The number of carboxylic acid groups (broad SMARTS) is 1. The van der Waals surface area contributed by atoms with Crippen LogP contribution < -0.4 is 16.4 Å². The Kier molecular flexibility index (Phi) is 4.81. The molecule has 0 aromatic carbocycles. The number of urea groups is 1. The zero-order chi connectivity index (χ0) is 14.6. The van der Waals surface area contributed by atoms with Crippen LogP contribution in [-0.2, 0) is 4.79 Å². The molecule has 2 amide bonds. The smallest absolute Gasteiger partial charge is 0.325 e. The van der Waals surface area contributed by atoms with Gasteiger partial charge < -0.3 is 26.0 Å². The predicted molar refractivity (Wildman–Crippen MR) is 64.1 cm³/mol. The first-order valence-electron chi connectivity index (χ1n) is 5.70. The van der Waals surface area contributed by atoms with E-state index >= 15 is 0 Å². The molecule has 1 heterocycles. The summed E-state index contributed by atoms with van der Waals surface area (Å²) in [6.45, 7) is 4.69. The summed E-state index contributed by atoms with van der Waals surface area (Å²) in [5.74, 6) is -0.590. The van der Waals surface area contributed by atoms with Crippen molar-refractivity contribution < 1.29 is 19.2 Å². The quantitative estimate of drug-likeness (QED) is 0.586. The Morgan fingerprint density at radius 1 is 1.32 bits per heavy atom. The van der Waals surface area contributed by atoms with Crippen LogP contribution in [0.15, 0.2) is 4.52 Å².